The predicted octanol–water partition coefficient (Wildman–Crippen LogP) is 3.32. The molecule has 2 aromatic carbocycles. The summed E-state index contributed by atoms with van der Waals surface area (Å²) in [6.07, 6.45) is 0. The van der Waals surface area contributed by atoms with Crippen molar-refractivity contribution >= 4 is 28.0 Å². The highest BCUT2D eigenvalue weighted by atomic mass is 32.1. The van der Waals surface area contributed by atoms with E-state index < -0.39 is 5.82 Å². The minimum absolute atomic E-state index is 0.216. The van der Waals surface area contributed by atoms with Crippen LogP contribution in [0.15, 0.2) is 53.3 Å². The van der Waals surface area contributed by atoms with Crippen LogP contribution in [0, 0.1) is 5.82 Å². The Morgan fingerprint density at radius 3 is 2.59 bits per heavy atom. The lowest BCUT2D eigenvalue weighted by atomic mass is 10.2. The zero-order chi connectivity index (χ0) is 25.9. The number of anilines is 1. The highest BCUT2D eigenvalue weighted by Gasteiger charge is 2.23. The third-order valence-corrected chi connectivity index (χ3v) is 7.04. The molecule has 0 bridgehead atoms. The Balaban J connectivity index is 1.22. The normalized spacial score (nSPS) is 14.1. The first kappa shape index (κ1) is 24.7. The molecule has 192 valence electrons. The zero-order valence-electron chi connectivity index (χ0n) is 20.3. The Labute approximate surface area is 215 Å². The molecule has 0 unspecified atom stereocenters. The summed E-state index contributed by atoms with van der Waals surface area (Å²) in [6, 6.07) is 12.7. The van der Waals surface area contributed by atoms with E-state index in [0.717, 1.165) is 0 Å². The molecular formula is C25H25FN6O4S. The number of aromatic nitrogens is 3. The number of carbonyl (C=O) groups is 1. The van der Waals surface area contributed by atoms with Crippen LogP contribution in [0.25, 0.3) is 15.5 Å². The molecule has 4 aromatic rings. The summed E-state index contributed by atoms with van der Waals surface area (Å²) in [5.74, 6) is 0.749. The Morgan fingerprint density at radius 1 is 1.08 bits per heavy atom. The van der Waals surface area contributed by atoms with Gasteiger partial charge in [0.05, 0.1) is 25.6 Å². The molecule has 1 fully saturated rings. The van der Waals surface area contributed by atoms with Crippen LogP contribution in [-0.2, 0) is 6.54 Å². The number of methoxy groups -OCH3 is 2. The smallest absolute Gasteiger partial charge is 0.322 e. The number of benzene rings is 2. The van der Waals surface area contributed by atoms with Gasteiger partial charge in [-0.3, -0.25) is 9.69 Å². The number of carbonyl (C=O) groups excluding carboxylic acids is 1. The van der Waals surface area contributed by atoms with E-state index in [1.165, 1.54) is 35.1 Å². The summed E-state index contributed by atoms with van der Waals surface area (Å²) in [5.41, 5.74) is 1.19. The van der Waals surface area contributed by atoms with Gasteiger partial charge in [-0.2, -0.15) is 9.61 Å². The number of halogens is 1. The summed E-state index contributed by atoms with van der Waals surface area (Å²) in [5, 5.41) is 7.55. The van der Waals surface area contributed by atoms with E-state index in [1.54, 1.807) is 48.4 Å². The van der Waals surface area contributed by atoms with Crippen molar-refractivity contribution < 1.29 is 18.7 Å². The number of rotatable bonds is 6. The van der Waals surface area contributed by atoms with Gasteiger partial charge in [0.1, 0.15) is 17.3 Å². The number of nitrogens with zero attached hydrogens (tertiary/aromatic N) is 5. The standard InChI is InChI=1S/C25H25FN6O4S/c1-35-17-7-8-20(21(14-17)36-2)28-24(34)31-11-9-30(10-12-31)15-16-13-22(33)32-25(27-16)37-23(29-32)18-5-3-4-6-19(18)26/h3-8,13-14H,9-12,15H2,1-2H3,(H,28,34). The fraction of sp³-hybridized carbons (Fsp3) is 0.280. The summed E-state index contributed by atoms with van der Waals surface area (Å²) >= 11 is 1.17. The van der Waals surface area contributed by atoms with Crippen LogP contribution >= 0.6 is 11.3 Å². The number of nitrogens with one attached hydrogen (secondary N) is 1. The lowest BCUT2D eigenvalue weighted by Crippen LogP contribution is -2.49. The molecule has 1 N–H and O–H groups in total. The maximum absolute atomic E-state index is 14.2. The van der Waals surface area contributed by atoms with Crippen molar-refractivity contribution in [2.45, 2.75) is 6.54 Å². The maximum Gasteiger partial charge on any atom is 0.322 e. The summed E-state index contributed by atoms with van der Waals surface area (Å²) in [6.45, 7) is 2.74. The van der Waals surface area contributed by atoms with Gasteiger partial charge in [-0.15, -0.1) is 0 Å². The number of hydrogen-bond acceptors (Lipinski definition) is 8. The van der Waals surface area contributed by atoms with E-state index in [4.69, 9.17) is 9.47 Å². The molecule has 10 nitrogen and oxygen atoms in total. The third kappa shape index (κ3) is 5.25. The van der Waals surface area contributed by atoms with Gasteiger partial charge in [-0.1, -0.05) is 23.5 Å². The van der Waals surface area contributed by atoms with Gasteiger partial charge in [0, 0.05) is 50.4 Å². The molecule has 3 heterocycles. The Hall–Kier alpha value is -4.03. The first-order valence-electron chi connectivity index (χ1n) is 11.6. The summed E-state index contributed by atoms with van der Waals surface area (Å²) in [7, 11) is 3.10. The molecule has 0 atom stereocenters. The van der Waals surface area contributed by atoms with Gasteiger partial charge in [0.15, 0.2) is 5.01 Å². The number of amides is 2. The molecule has 2 amide bonds. The largest absolute Gasteiger partial charge is 0.497 e. The van der Waals surface area contributed by atoms with Crippen LogP contribution in [0.5, 0.6) is 11.5 Å². The Morgan fingerprint density at radius 2 is 1.86 bits per heavy atom. The van der Waals surface area contributed by atoms with Gasteiger partial charge in [0.2, 0.25) is 4.96 Å². The molecule has 1 aliphatic rings. The van der Waals surface area contributed by atoms with Crippen molar-refractivity contribution in [1.82, 2.24) is 24.4 Å². The van der Waals surface area contributed by atoms with Crippen molar-refractivity contribution in [1.29, 1.82) is 0 Å². The lowest BCUT2D eigenvalue weighted by molar-refractivity contribution is 0.142. The maximum atomic E-state index is 14.2. The first-order valence-corrected chi connectivity index (χ1v) is 12.4. The average Bonchev–Trinajstić information content (AvgIpc) is 3.34. The number of urea groups is 1. The zero-order valence-corrected chi connectivity index (χ0v) is 21.1. The molecule has 5 rings (SSSR count). The molecule has 37 heavy (non-hydrogen) atoms. The number of hydrogen-bond donors (Lipinski definition) is 1. The number of ether oxygens (including phenoxy) is 2. The van der Waals surface area contributed by atoms with Gasteiger partial charge in [0.25, 0.3) is 5.56 Å². The molecule has 0 saturated carbocycles. The van der Waals surface area contributed by atoms with Crippen molar-refractivity contribution in [2.24, 2.45) is 0 Å². The monoisotopic (exact) mass is 524 g/mol. The first-order chi connectivity index (χ1) is 17.9. The molecular weight excluding hydrogens is 499 g/mol. The van der Waals surface area contributed by atoms with Crippen LogP contribution in [0.3, 0.4) is 0 Å². The third-order valence-electron chi connectivity index (χ3n) is 6.10. The van der Waals surface area contributed by atoms with Gasteiger partial charge >= 0.3 is 6.03 Å². The van der Waals surface area contributed by atoms with Crippen molar-refractivity contribution in [3.63, 3.8) is 0 Å². The SMILES string of the molecule is COc1ccc(NC(=O)N2CCN(Cc3cc(=O)n4nc(-c5ccccc5F)sc4n3)CC2)c(OC)c1. The average molecular weight is 525 g/mol. The van der Waals surface area contributed by atoms with Crippen LogP contribution in [0.4, 0.5) is 14.9 Å². The number of piperazine rings is 1. The van der Waals surface area contributed by atoms with Crippen LogP contribution in [0.1, 0.15) is 5.69 Å². The number of fused-ring (bicyclic) bond motifs is 1. The molecule has 0 spiro atoms. The Kier molecular flexibility index (Phi) is 7.01. The topological polar surface area (TPSA) is 101 Å². The van der Waals surface area contributed by atoms with Gasteiger partial charge in [-0.05, 0) is 24.3 Å². The molecule has 1 aliphatic heterocycles. The second-order valence-corrected chi connectivity index (χ2v) is 9.38. The highest BCUT2D eigenvalue weighted by Crippen LogP contribution is 2.29. The minimum Gasteiger partial charge on any atom is -0.497 e. The summed E-state index contributed by atoms with van der Waals surface area (Å²) < 4.78 is 25.9. The van der Waals surface area contributed by atoms with E-state index in [9.17, 15) is 14.0 Å². The molecule has 12 heteroatoms. The second-order valence-electron chi connectivity index (χ2n) is 8.43. The molecule has 2 aromatic heterocycles. The molecule has 0 aliphatic carbocycles. The summed E-state index contributed by atoms with van der Waals surface area (Å²) in [4.78, 5) is 34.3. The molecule has 0 radical (unpaired) electrons. The quantitative estimate of drug-likeness (QED) is 0.413. The van der Waals surface area contributed by atoms with E-state index in [2.05, 4.69) is 20.3 Å². The van der Waals surface area contributed by atoms with Gasteiger partial charge < -0.3 is 19.7 Å². The van der Waals surface area contributed by atoms with E-state index in [0.29, 0.717) is 71.1 Å². The van der Waals surface area contributed by atoms with E-state index in [-0.39, 0.29) is 11.6 Å². The van der Waals surface area contributed by atoms with Crippen molar-refractivity contribution in [3.05, 3.63) is 70.4 Å². The highest BCUT2D eigenvalue weighted by molar-refractivity contribution is 7.19. The second kappa shape index (κ2) is 10.5. The fourth-order valence-electron chi connectivity index (χ4n) is 4.11. The van der Waals surface area contributed by atoms with Crippen LogP contribution < -0.4 is 20.3 Å². The van der Waals surface area contributed by atoms with Crippen LogP contribution in [-0.4, -0.2) is 70.8 Å². The van der Waals surface area contributed by atoms with Crippen molar-refractivity contribution in [3.8, 4) is 22.1 Å². The predicted molar refractivity (Wildman–Crippen MR) is 138 cm³/mol. The van der Waals surface area contributed by atoms with Crippen molar-refractivity contribution in [2.75, 3.05) is 45.7 Å². The fourth-order valence-corrected chi connectivity index (χ4v) is 5.07. The minimum atomic E-state index is -0.401. The van der Waals surface area contributed by atoms with E-state index >= 15 is 0 Å². The van der Waals surface area contributed by atoms with Gasteiger partial charge in [-0.25, -0.2) is 14.2 Å². The van der Waals surface area contributed by atoms with Crippen LogP contribution in [0.2, 0.25) is 0 Å². The Bertz CT molecular complexity index is 1500. The lowest BCUT2D eigenvalue weighted by Gasteiger charge is -2.34. The molecule has 1 saturated heterocycles. The van der Waals surface area contributed by atoms with E-state index in [1.807, 2.05) is 0 Å².